The van der Waals surface area contributed by atoms with Crippen LogP contribution in [0.5, 0.6) is 17.2 Å². The molecule has 142 valence electrons. The van der Waals surface area contributed by atoms with Gasteiger partial charge in [-0.3, -0.25) is 4.98 Å². The van der Waals surface area contributed by atoms with Gasteiger partial charge in [0, 0.05) is 22.2 Å². The minimum atomic E-state index is 0.354. The molecule has 4 aromatic rings. The molecule has 7 heteroatoms. The Labute approximate surface area is 161 Å². The van der Waals surface area contributed by atoms with Crippen molar-refractivity contribution in [3.8, 4) is 40.1 Å². The molecule has 0 saturated heterocycles. The number of hydrogen-bond donors (Lipinski definition) is 0. The molecule has 2 heterocycles. The summed E-state index contributed by atoms with van der Waals surface area (Å²) in [4.78, 5) is 9.15. The van der Waals surface area contributed by atoms with Gasteiger partial charge in [0.15, 0.2) is 11.5 Å². The number of fused-ring (bicyclic) bond motifs is 1. The standard InChI is InChI=1S/C21H19N3O4/c1-12-9-15(14-7-5-6-8-16(14)22-12)20-23-21(28-24-20)13-10-17(25-2)19(27-4)18(11-13)26-3/h5-11H,1-4H3. The maximum absolute atomic E-state index is 5.53. The molecular weight excluding hydrogens is 358 g/mol. The topological polar surface area (TPSA) is 79.5 Å². The van der Waals surface area contributed by atoms with Crippen molar-refractivity contribution in [2.24, 2.45) is 0 Å². The predicted molar refractivity (Wildman–Crippen MR) is 105 cm³/mol. The minimum Gasteiger partial charge on any atom is -0.493 e. The fraction of sp³-hybridized carbons (Fsp3) is 0.190. The van der Waals surface area contributed by atoms with Gasteiger partial charge in [0.1, 0.15) is 0 Å². The van der Waals surface area contributed by atoms with Crippen LogP contribution in [0.25, 0.3) is 33.7 Å². The Balaban J connectivity index is 1.83. The zero-order valence-electron chi connectivity index (χ0n) is 16.0. The van der Waals surface area contributed by atoms with E-state index in [-0.39, 0.29) is 0 Å². The van der Waals surface area contributed by atoms with E-state index >= 15 is 0 Å². The normalized spacial score (nSPS) is 10.9. The summed E-state index contributed by atoms with van der Waals surface area (Å²) in [6.07, 6.45) is 0. The maximum Gasteiger partial charge on any atom is 0.258 e. The van der Waals surface area contributed by atoms with E-state index in [4.69, 9.17) is 18.7 Å². The van der Waals surface area contributed by atoms with Crippen LogP contribution in [0.3, 0.4) is 0 Å². The third-order valence-electron chi connectivity index (χ3n) is 4.42. The Kier molecular flexibility index (Phi) is 4.57. The van der Waals surface area contributed by atoms with Crippen molar-refractivity contribution in [1.29, 1.82) is 0 Å². The summed E-state index contributed by atoms with van der Waals surface area (Å²) in [5.74, 6) is 2.38. The summed E-state index contributed by atoms with van der Waals surface area (Å²) in [7, 11) is 4.68. The molecule has 2 aromatic heterocycles. The van der Waals surface area contributed by atoms with Gasteiger partial charge in [0.05, 0.1) is 26.8 Å². The predicted octanol–water partition coefficient (Wildman–Crippen LogP) is 4.29. The number of pyridine rings is 1. The van der Waals surface area contributed by atoms with E-state index in [0.717, 1.165) is 22.2 Å². The van der Waals surface area contributed by atoms with E-state index in [0.29, 0.717) is 34.5 Å². The van der Waals surface area contributed by atoms with Gasteiger partial charge >= 0.3 is 0 Å². The Morgan fingerprint density at radius 2 is 1.57 bits per heavy atom. The second-order valence-electron chi connectivity index (χ2n) is 6.17. The summed E-state index contributed by atoms with van der Waals surface area (Å²) in [5.41, 5.74) is 3.30. The van der Waals surface area contributed by atoms with Crippen LogP contribution in [0.4, 0.5) is 0 Å². The fourth-order valence-corrected chi connectivity index (χ4v) is 3.15. The molecule has 0 amide bonds. The monoisotopic (exact) mass is 377 g/mol. The van der Waals surface area contributed by atoms with Gasteiger partial charge in [0.2, 0.25) is 11.6 Å². The van der Waals surface area contributed by atoms with Crippen LogP contribution in [0.2, 0.25) is 0 Å². The quantitative estimate of drug-likeness (QED) is 0.513. The molecule has 0 N–H and O–H groups in total. The largest absolute Gasteiger partial charge is 0.493 e. The third-order valence-corrected chi connectivity index (χ3v) is 4.42. The van der Waals surface area contributed by atoms with Crippen molar-refractivity contribution in [2.75, 3.05) is 21.3 Å². The summed E-state index contributed by atoms with van der Waals surface area (Å²) in [5, 5.41) is 5.14. The maximum atomic E-state index is 5.53. The van der Waals surface area contributed by atoms with Crippen molar-refractivity contribution in [2.45, 2.75) is 6.92 Å². The second-order valence-corrected chi connectivity index (χ2v) is 6.17. The van der Waals surface area contributed by atoms with Crippen LogP contribution in [-0.2, 0) is 0 Å². The van der Waals surface area contributed by atoms with Crippen molar-refractivity contribution in [3.05, 3.63) is 48.2 Å². The summed E-state index contributed by atoms with van der Waals surface area (Å²) in [6.45, 7) is 1.94. The lowest BCUT2D eigenvalue weighted by molar-refractivity contribution is 0.324. The average molecular weight is 377 g/mol. The molecule has 0 radical (unpaired) electrons. The van der Waals surface area contributed by atoms with Gasteiger partial charge in [-0.25, -0.2) is 0 Å². The third kappa shape index (κ3) is 3.00. The van der Waals surface area contributed by atoms with E-state index in [1.807, 2.05) is 37.3 Å². The molecule has 4 rings (SSSR count). The van der Waals surface area contributed by atoms with Crippen molar-refractivity contribution < 1.29 is 18.7 Å². The van der Waals surface area contributed by atoms with E-state index in [1.165, 1.54) is 0 Å². The molecule has 0 unspecified atom stereocenters. The Morgan fingerprint density at radius 3 is 2.25 bits per heavy atom. The first-order valence-corrected chi connectivity index (χ1v) is 8.65. The lowest BCUT2D eigenvalue weighted by atomic mass is 10.1. The summed E-state index contributed by atoms with van der Waals surface area (Å²) < 4.78 is 21.7. The second kappa shape index (κ2) is 7.19. The number of para-hydroxylation sites is 1. The van der Waals surface area contributed by atoms with Crippen molar-refractivity contribution in [3.63, 3.8) is 0 Å². The zero-order valence-corrected chi connectivity index (χ0v) is 16.0. The molecular formula is C21H19N3O4. The molecule has 0 saturated carbocycles. The van der Waals surface area contributed by atoms with Gasteiger partial charge in [-0.15, -0.1) is 0 Å². The highest BCUT2D eigenvalue weighted by Crippen LogP contribution is 2.41. The van der Waals surface area contributed by atoms with Crippen LogP contribution in [0.1, 0.15) is 5.69 Å². The molecule has 0 atom stereocenters. The molecule has 0 aliphatic rings. The lowest BCUT2D eigenvalue weighted by Gasteiger charge is -2.12. The number of aryl methyl sites for hydroxylation is 1. The lowest BCUT2D eigenvalue weighted by Crippen LogP contribution is -1.95. The van der Waals surface area contributed by atoms with Crippen molar-refractivity contribution in [1.82, 2.24) is 15.1 Å². The molecule has 0 aliphatic heterocycles. The summed E-state index contributed by atoms with van der Waals surface area (Å²) in [6, 6.07) is 13.4. The first-order chi connectivity index (χ1) is 13.6. The minimum absolute atomic E-state index is 0.354. The average Bonchev–Trinajstić information content (AvgIpc) is 3.22. The number of nitrogens with zero attached hydrogens (tertiary/aromatic N) is 3. The van der Waals surface area contributed by atoms with Crippen LogP contribution in [-0.4, -0.2) is 36.5 Å². The number of rotatable bonds is 5. The summed E-state index contributed by atoms with van der Waals surface area (Å²) >= 11 is 0. The van der Waals surface area contributed by atoms with Gasteiger partial charge in [-0.2, -0.15) is 4.98 Å². The van der Waals surface area contributed by atoms with Gasteiger partial charge in [0.25, 0.3) is 5.89 Å². The van der Waals surface area contributed by atoms with Gasteiger partial charge < -0.3 is 18.7 Å². The fourth-order valence-electron chi connectivity index (χ4n) is 3.15. The van der Waals surface area contributed by atoms with Gasteiger partial charge in [-0.1, -0.05) is 23.4 Å². The van der Waals surface area contributed by atoms with Crippen LogP contribution in [0, 0.1) is 6.92 Å². The Hall–Kier alpha value is -3.61. The van der Waals surface area contributed by atoms with Crippen LogP contribution in [0.15, 0.2) is 47.0 Å². The van der Waals surface area contributed by atoms with Gasteiger partial charge in [-0.05, 0) is 31.2 Å². The van der Waals surface area contributed by atoms with Crippen LogP contribution >= 0.6 is 0 Å². The molecule has 0 bridgehead atoms. The first-order valence-electron chi connectivity index (χ1n) is 8.65. The van der Waals surface area contributed by atoms with E-state index in [9.17, 15) is 0 Å². The Bertz CT molecular complexity index is 1130. The highest BCUT2D eigenvalue weighted by Gasteiger charge is 2.19. The zero-order chi connectivity index (χ0) is 19.7. The van der Waals surface area contributed by atoms with E-state index in [1.54, 1.807) is 33.5 Å². The molecule has 0 fully saturated rings. The molecule has 0 aliphatic carbocycles. The number of methoxy groups -OCH3 is 3. The number of ether oxygens (including phenoxy) is 3. The number of aromatic nitrogens is 3. The smallest absolute Gasteiger partial charge is 0.258 e. The molecule has 28 heavy (non-hydrogen) atoms. The highest BCUT2D eigenvalue weighted by atomic mass is 16.5. The Morgan fingerprint density at radius 1 is 0.857 bits per heavy atom. The molecule has 2 aromatic carbocycles. The van der Waals surface area contributed by atoms with Crippen molar-refractivity contribution >= 4 is 10.9 Å². The number of benzene rings is 2. The van der Waals surface area contributed by atoms with Crippen LogP contribution < -0.4 is 14.2 Å². The number of hydrogen-bond acceptors (Lipinski definition) is 7. The first kappa shape index (κ1) is 17.8. The SMILES string of the molecule is COc1cc(-c2nc(-c3cc(C)nc4ccccc34)no2)cc(OC)c1OC. The van der Waals surface area contributed by atoms with E-state index < -0.39 is 0 Å². The molecule has 7 nitrogen and oxygen atoms in total. The van der Waals surface area contributed by atoms with E-state index in [2.05, 4.69) is 15.1 Å². The molecule has 0 spiro atoms. The highest BCUT2D eigenvalue weighted by molar-refractivity contribution is 5.93.